The van der Waals surface area contributed by atoms with Crippen LogP contribution in [0.2, 0.25) is 0 Å². The van der Waals surface area contributed by atoms with Gasteiger partial charge in [-0.15, -0.1) is 0 Å². The molecule has 124 valence electrons. The molecule has 0 saturated heterocycles. The smallest absolute Gasteiger partial charge is 0.231 e. The van der Waals surface area contributed by atoms with Gasteiger partial charge in [0.05, 0.1) is 6.54 Å². The van der Waals surface area contributed by atoms with Gasteiger partial charge >= 0.3 is 0 Å². The largest absolute Gasteiger partial charge is 0.454 e. The van der Waals surface area contributed by atoms with Crippen LogP contribution < -0.4 is 19.7 Å². The van der Waals surface area contributed by atoms with E-state index >= 15 is 0 Å². The van der Waals surface area contributed by atoms with Crippen molar-refractivity contribution in [2.45, 2.75) is 13.5 Å². The number of pyridine rings is 1. The zero-order chi connectivity index (χ0) is 16.9. The molecule has 0 bridgehead atoms. The molecule has 3 rings (SSSR count). The second-order valence-electron chi connectivity index (χ2n) is 5.59. The van der Waals surface area contributed by atoms with Crippen molar-refractivity contribution in [1.82, 2.24) is 10.3 Å². The molecule has 0 spiro atoms. The monoisotopic (exact) mass is 341 g/mol. The van der Waals surface area contributed by atoms with Crippen molar-refractivity contribution in [3.8, 4) is 11.5 Å². The molecule has 1 aliphatic heterocycles. The predicted molar refractivity (Wildman–Crippen MR) is 98.4 cm³/mol. The maximum Gasteiger partial charge on any atom is 0.231 e. The lowest BCUT2D eigenvalue weighted by atomic mass is 10.2. The van der Waals surface area contributed by atoms with Gasteiger partial charge in [-0.1, -0.05) is 12.2 Å². The van der Waals surface area contributed by atoms with Gasteiger partial charge in [0, 0.05) is 30.7 Å². The lowest BCUT2D eigenvalue weighted by Crippen LogP contribution is -2.40. The van der Waals surface area contributed by atoms with Gasteiger partial charge < -0.3 is 19.7 Å². The maximum absolute atomic E-state index is 5.59. The van der Waals surface area contributed by atoms with E-state index in [0.29, 0.717) is 18.2 Å². The zero-order valence-electron chi connectivity index (χ0n) is 13.5. The quantitative estimate of drug-likeness (QED) is 0.665. The Bertz CT molecular complexity index is 749. The van der Waals surface area contributed by atoms with Crippen molar-refractivity contribution < 1.29 is 9.47 Å². The number of rotatable bonds is 5. The summed E-state index contributed by atoms with van der Waals surface area (Å²) in [6.07, 6.45) is 3.55. The third kappa shape index (κ3) is 3.83. The third-order valence-corrected chi connectivity index (χ3v) is 3.91. The topological polar surface area (TPSA) is 46.6 Å². The molecule has 2 heterocycles. The van der Waals surface area contributed by atoms with Crippen LogP contribution in [0.25, 0.3) is 0 Å². The maximum atomic E-state index is 5.59. The lowest BCUT2D eigenvalue weighted by molar-refractivity contribution is 0.174. The van der Waals surface area contributed by atoms with Crippen molar-refractivity contribution in [2.75, 3.05) is 18.2 Å². The Labute approximate surface area is 146 Å². The molecule has 1 aliphatic rings. The molecule has 0 unspecified atom stereocenters. The second-order valence-corrected chi connectivity index (χ2v) is 5.98. The highest BCUT2D eigenvalue weighted by Gasteiger charge is 2.18. The first kappa shape index (κ1) is 16.3. The van der Waals surface area contributed by atoms with Crippen LogP contribution in [0.4, 0.5) is 5.69 Å². The van der Waals surface area contributed by atoms with E-state index < -0.39 is 0 Å². The molecular formula is C18H19N3O2S. The Balaban J connectivity index is 1.86. The average molecular weight is 341 g/mol. The molecule has 24 heavy (non-hydrogen) atoms. The molecule has 6 heteroatoms. The summed E-state index contributed by atoms with van der Waals surface area (Å²) in [5.74, 6) is 1.48. The fourth-order valence-corrected chi connectivity index (χ4v) is 2.57. The molecule has 0 fully saturated rings. The molecule has 0 saturated carbocycles. The van der Waals surface area contributed by atoms with Gasteiger partial charge in [-0.25, -0.2) is 0 Å². The highest BCUT2D eigenvalue weighted by Crippen LogP contribution is 2.35. The number of aromatic nitrogens is 1. The molecule has 5 nitrogen and oxygen atoms in total. The Morgan fingerprint density at radius 2 is 2.00 bits per heavy atom. The second kappa shape index (κ2) is 7.31. The minimum absolute atomic E-state index is 0.251. The first-order valence-electron chi connectivity index (χ1n) is 7.62. The highest BCUT2D eigenvalue weighted by atomic mass is 32.1. The molecular weight excluding hydrogens is 322 g/mol. The van der Waals surface area contributed by atoms with Crippen LogP contribution in [-0.2, 0) is 6.54 Å². The number of thiocarbonyl (C=S) groups is 1. The van der Waals surface area contributed by atoms with E-state index in [2.05, 4.69) is 16.9 Å². The van der Waals surface area contributed by atoms with Crippen molar-refractivity contribution in [2.24, 2.45) is 0 Å². The average Bonchev–Trinajstić information content (AvgIpc) is 3.06. The van der Waals surface area contributed by atoms with Crippen LogP contribution in [0, 0.1) is 0 Å². The highest BCUT2D eigenvalue weighted by molar-refractivity contribution is 7.80. The Morgan fingerprint density at radius 3 is 2.75 bits per heavy atom. The fraction of sp³-hybridized carbons (Fsp3) is 0.222. The lowest BCUT2D eigenvalue weighted by Gasteiger charge is -2.26. The number of ether oxygens (including phenoxy) is 2. The molecule has 1 aromatic heterocycles. The van der Waals surface area contributed by atoms with Gasteiger partial charge in [0.2, 0.25) is 6.79 Å². The van der Waals surface area contributed by atoms with E-state index in [9.17, 15) is 0 Å². The van der Waals surface area contributed by atoms with E-state index in [1.807, 2.05) is 42.2 Å². The van der Waals surface area contributed by atoms with Gasteiger partial charge in [-0.3, -0.25) is 4.98 Å². The fourth-order valence-electron chi connectivity index (χ4n) is 2.33. The summed E-state index contributed by atoms with van der Waals surface area (Å²) >= 11 is 5.59. The molecule has 0 amide bonds. The van der Waals surface area contributed by atoms with Gasteiger partial charge in [0.15, 0.2) is 16.6 Å². The Hall–Kier alpha value is -2.60. The summed E-state index contributed by atoms with van der Waals surface area (Å²) in [7, 11) is 0. The minimum atomic E-state index is 0.251. The van der Waals surface area contributed by atoms with Gasteiger partial charge in [-0.2, -0.15) is 0 Å². The Kier molecular flexibility index (Phi) is 4.96. The van der Waals surface area contributed by atoms with E-state index in [4.69, 9.17) is 21.7 Å². The SMILES string of the molecule is C=C(C)CNC(=S)N(Cc1ccncc1)c1ccc2c(c1)OCO2. The molecule has 1 aromatic carbocycles. The van der Waals surface area contributed by atoms with E-state index in [1.165, 1.54) is 0 Å². The van der Waals surface area contributed by atoms with Crippen molar-refractivity contribution in [3.05, 3.63) is 60.4 Å². The summed E-state index contributed by atoms with van der Waals surface area (Å²) in [5, 5.41) is 3.87. The van der Waals surface area contributed by atoms with Crippen LogP contribution in [0.3, 0.4) is 0 Å². The van der Waals surface area contributed by atoms with Gasteiger partial charge in [0.1, 0.15) is 0 Å². The van der Waals surface area contributed by atoms with Crippen molar-refractivity contribution >= 4 is 23.0 Å². The van der Waals surface area contributed by atoms with Gasteiger partial charge in [-0.05, 0) is 49.0 Å². The number of anilines is 1. The zero-order valence-corrected chi connectivity index (χ0v) is 14.3. The molecule has 0 radical (unpaired) electrons. The number of nitrogens with one attached hydrogen (secondary N) is 1. The number of hydrogen-bond donors (Lipinski definition) is 1. The standard InChI is InChI=1S/C18H19N3O2S/c1-13(2)10-20-18(24)21(11-14-5-7-19-8-6-14)15-3-4-16-17(9-15)23-12-22-16/h3-9H,1,10-12H2,2H3,(H,20,24). The summed E-state index contributed by atoms with van der Waals surface area (Å²) in [4.78, 5) is 6.09. The van der Waals surface area contributed by atoms with Crippen LogP contribution in [0.5, 0.6) is 11.5 Å². The van der Waals surface area contributed by atoms with Crippen molar-refractivity contribution in [1.29, 1.82) is 0 Å². The summed E-state index contributed by atoms with van der Waals surface area (Å²) in [6, 6.07) is 9.77. The third-order valence-electron chi connectivity index (χ3n) is 3.54. The molecule has 0 aliphatic carbocycles. The summed E-state index contributed by atoms with van der Waals surface area (Å²) < 4.78 is 10.9. The van der Waals surface area contributed by atoms with Gasteiger partial charge in [0.25, 0.3) is 0 Å². The molecule has 0 atom stereocenters. The Morgan fingerprint density at radius 1 is 1.25 bits per heavy atom. The van der Waals surface area contributed by atoms with E-state index in [1.54, 1.807) is 12.4 Å². The number of nitrogens with zero attached hydrogens (tertiary/aromatic N) is 2. The summed E-state index contributed by atoms with van der Waals surface area (Å²) in [6.45, 7) is 7.38. The van der Waals surface area contributed by atoms with E-state index in [0.717, 1.165) is 28.3 Å². The number of hydrogen-bond acceptors (Lipinski definition) is 4. The van der Waals surface area contributed by atoms with Crippen LogP contribution in [0.15, 0.2) is 54.9 Å². The number of fused-ring (bicyclic) bond motifs is 1. The molecule has 1 N–H and O–H groups in total. The minimum Gasteiger partial charge on any atom is -0.454 e. The predicted octanol–water partition coefficient (Wildman–Crippen LogP) is 3.27. The normalized spacial score (nSPS) is 11.9. The first-order valence-corrected chi connectivity index (χ1v) is 8.02. The van der Waals surface area contributed by atoms with Crippen LogP contribution in [0.1, 0.15) is 12.5 Å². The van der Waals surface area contributed by atoms with Crippen molar-refractivity contribution in [3.63, 3.8) is 0 Å². The van der Waals surface area contributed by atoms with Crippen LogP contribution in [-0.4, -0.2) is 23.4 Å². The summed E-state index contributed by atoms with van der Waals surface area (Å²) in [5.41, 5.74) is 3.07. The van der Waals surface area contributed by atoms with E-state index in [-0.39, 0.29) is 6.79 Å². The first-order chi connectivity index (χ1) is 11.6. The number of benzene rings is 1. The molecule has 2 aromatic rings. The van der Waals surface area contributed by atoms with Crippen LogP contribution >= 0.6 is 12.2 Å².